The summed E-state index contributed by atoms with van der Waals surface area (Å²) < 4.78 is 1.01. The monoisotopic (exact) mass is 408 g/mol. The molecule has 1 amide bonds. The molecule has 0 atom stereocenters. The van der Waals surface area contributed by atoms with Crippen molar-refractivity contribution in [3.05, 3.63) is 33.4 Å². The summed E-state index contributed by atoms with van der Waals surface area (Å²) in [6.07, 6.45) is 4.93. The Hall–Kier alpha value is -0.330. The number of likely N-dealkylation sites (tertiary alicyclic amines) is 1. The third-order valence-electron chi connectivity index (χ3n) is 3.50. The van der Waals surface area contributed by atoms with Gasteiger partial charge in [-0.25, -0.2) is 0 Å². The SMILES string of the molecule is Cl.O=C(NCCCCN1CCCC1)c1ccccc1I. The molecule has 1 fully saturated rings. The molecule has 1 aliphatic heterocycles. The lowest BCUT2D eigenvalue weighted by atomic mass is 10.2. The molecule has 1 aromatic carbocycles. The van der Waals surface area contributed by atoms with Gasteiger partial charge >= 0.3 is 0 Å². The first-order chi connectivity index (χ1) is 9.27. The first-order valence-electron chi connectivity index (χ1n) is 7.02. The van der Waals surface area contributed by atoms with Crippen molar-refractivity contribution in [1.29, 1.82) is 0 Å². The smallest absolute Gasteiger partial charge is 0.252 e. The highest BCUT2D eigenvalue weighted by Crippen LogP contribution is 2.11. The Morgan fingerprint density at radius 1 is 1.20 bits per heavy atom. The van der Waals surface area contributed by atoms with Crippen LogP contribution in [0.15, 0.2) is 24.3 Å². The molecule has 1 aromatic rings. The van der Waals surface area contributed by atoms with Gasteiger partial charge in [-0.15, -0.1) is 12.4 Å². The normalized spacial score (nSPS) is 14.8. The molecule has 1 saturated heterocycles. The molecule has 1 heterocycles. The van der Waals surface area contributed by atoms with Crippen LogP contribution in [0.3, 0.4) is 0 Å². The Morgan fingerprint density at radius 2 is 1.90 bits per heavy atom. The Bertz CT molecular complexity index is 422. The number of amides is 1. The lowest BCUT2D eigenvalue weighted by Crippen LogP contribution is -2.26. The van der Waals surface area contributed by atoms with Gasteiger partial charge in [-0.2, -0.15) is 0 Å². The van der Waals surface area contributed by atoms with Gasteiger partial charge < -0.3 is 10.2 Å². The fourth-order valence-corrected chi connectivity index (χ4v) is 3.04. The Morgan fingerprint density at radius 3 is 2.60 bits per heavy atom. The minimum atomic E-state index is 0. The van der Waals surface area contributed by atoms with Crippen LogP contribution in [0.5, 0.6) is 0 Å². The predicted octanol–water partition coefficient (Wildman–Crippen LogP) is 3.32. The van der Waals surface area contributed by atoms with Crippen LogP contribution in [0, 0.1) is 3.57 Å². The molecule has 2 rings (SSSR count). The maximum Gasteiger partial charge on any atom is 0.252 e. The van der Waals surface area contributed by atoms with Crippen LogP contribution in [-0.4, -0.2) is 37.0 Å². The third-order valence-corrected chi connectivity index (χ3v) is 4.44. The predicted molar refractivity (Wildman–Crippen MR) is 93.6 cm³/mol. The Kier molecular flexibility index (Phi) is 8.49. The van der Waals surface area contributed by atoms with Gasteiger partial charge in [0.15, 0.2) is 0 Å². The Labute approximate surface area is 141 Å². The quantitative estimate of drug-likeness (QED) is 0.578. The van der Waals surface area contributed by atoms with Gasteiger partial charge in [-0.05, 0) is 80.0 Å². The highest BCUT2D eigenvalue weighted by molar-refractivity contribution is 14.1. The van der Waals surface area contributed by atoms with Crippen LogP contribution < -0.4 is 5.32 Å². The van der Waals surface area contributed by atoms with Crippen LogP contribution in [0.4, 0.5) is 0 Å². The maximum absolute atomic E-state index is 12.0. The number of carbonyl (C=O) groups excluding carboxylic acids is 1. The van der Waals surface area contributed by atoms with E-state index in [1.54, 1.807) is 0 Å². The van der Waals surface area contributed by atoms with Gasteiger partial charge in [0.1, 0.15) is 0 Å². The number of benzene rings is 1. The van der Waals surface area contributed by atoms with E-state index in [9.17, 15) is 4.79 Å². The summed E-state index contributed by atoms with van der Waals surface area (Å²) in [4.78, 5) is 14.5. The van der Waals surface area contributed by atoms with Crippen LogP contribution in [0.25, 0.3) is 0 Å². The fraction of sp³-hybridized carbons (Fsp3) is 0.533. The minimum Gasteiger partial charge on any atom is -0.352 e. The maximum atomic E-state index is 12.0. The molecule has 0 spiro atoms. The van der Waals surface area contributed by atoms with Gasteiger partial charge in [-0.3, -0.25) is 4.79 Å². The molecule has 0 bridgehead atoms. The summed E-state index contributed by atoms with van der Waals surface area (Å²) in [6.45, 7) is 4.47. The summed E-state index contributed by atoms with van der Waals surface area (Å²) in [6, 6.07) is 7.70. The van der Waals surface area contributed by atoms with Crippen molar-refractivity contribution in [3.8, 4) is 0 Å². The lowest BCUT2D eigenvalue weighted by Gasteiger charge is -2.14. The van der Waals surface area contributed by atoms with Crippen molar-refractivity contribution in [2.24, 2.45) is 0 Å². The average Bonchev–Trinajstić information content (AvgIpc) is 2.92. The van der Waals surface area contributed by atoms with Crippen molar-refractivity contribution in [2.75, 3.05) is 26.2 Å². The molecule has 0 aromatic heterocycles. The van der Waals surface area contributed by atoms with E-state index in [1.807, 2.05) is 24.3 Å². The number of halogens is 2. The second kappa shape index (κ2) is 9.58. The van der Waals surface area contributed by atoms with E-state index >= 15 is 0 Å². The molecule has 0 saturated carbocycles. The first kappa shape index (κ1) is 17.7. The molecule has 112 valence electrons. The van der Waals surface area contributed by atoms with Gasteiger partial charge in [0.05, 0.1) is 5.56 Å². The van der Waals surface area contributed by atoms with Gasteiger partial charge in [0, 0.05) is 10.1 Å². The van der Waals surface area contributed by atoms with Gasteiger partial charge in [0.2, 0.25) is 0 Å². The molecule has 0 aliphatic carbocycles. The summed E-state index contributed by atoms with van der Waals surface area (Å²) >= 11 is 2.20. The standard InChI is InChI=1S/C15H21IN2O.ClH/c16-14-8-2-1-7-13(14)15(19)17-9-3-4-10-18-11-5-6-12-18;/h1-2,7-8H,3-6,9-12H2,(H,17,19);1H. The first-order valence-corrected chi connectivity index (χ1v) is 8.10. The molecule has 1 aliphatic rings. The van der Waals surface area contributed by atoms with E-state index < -0.39 is 0 Å². The topological polar surface area (TPSA) is 32.3 Å². The highest BCUT2D eigenvalue weighted by atomic mass is 127. The van der Waals surface area contributed by atoms with Crippen LogP contribution in [0.2, 0.25) is 0 Å². The molecule has 3 nitrogen and oxygen atoms in total. The van der Waals surface area contributed by atoms with Gasteiger partial charge in [0.25, 0.3) is 5.91 Å². The summed E-state index contributed by atoms with van der Waals surface area (Å²) in [5.74, 6) is 0.0474. The van der Waals surface area contributed by atoms with E-state index in [0.29, 0.717) is 0 Å². The van der Waals surface area contributed by atoms with Crippen LogP contribution in [-0.2, 0) is 0 Å². The van der Waals surface area contributed by atoms with Gasteiger partial charge in [-0.1, -0.05) is 12.1 Å². The molecular weight excluding hydrogens is 387 g/mol. The van der Waals surface area contributed by atoms with Crippen molar-refractivity contribution in [3.63, 3.8) is 0 Å². The second-order valence-electron chi connectivity index (χ2n) is 4.99. The fourth-order valence-electron chi connectivity index (χ4n) is 2.41. The zero-order chi connectivity index (χ0) is 13.5. The Balaban J connectivity index is 0.00000200. The molecule has 5 heteroatoms. The molecule has 0 radical (unpaired) electrons. The number of unbranched alkanes of at least 4 members (excludes halogenated alkanes) is 1. The van der Waals surface area contributed by atoms with Crippen molar-refractivity contribution in [1.82, 2.24) is 10.2 Å². The summed E-state index contributed by atoms with van der Waals surface area (Å²) in [7, 11) is 0. The molecule has 1 N–H and O–H groups in total. The summed E-state index contributed by atoms with van der Waals surface area (Å²) in [5.41, 5.74) is 0.780. The third kappa shape index (κ3) is 5.58. The lowest BCUT2D eigenvalue weighted by molar-refractivity contribution is 0.0952. The van der Waals surface area contributed by atoms with E-state index in [1.165, 1.54) is 38.9 Å². The number of nitrogens with one attached hydrogen (secondary N) is 1. The average molecular weight is 409 g/mol. The molecule has 20 heavy (non-hydrogen) atoms. The van der Waals surface area contributed by atoms with E-state index in [-0.39, 0.29) is 18.3 Å². The van der Waals surface area contributed by atoms with Crippen LogP contribution >= 0.6 is 35.0 Å². The van der Waals surface area contributed by atoms with Crippen molar-refractivity contribution >= 4 is 40.9 Å². The number of rotatable bonds is 6. The highest BCUT2D eigenvalue weighted by Gasteiger charge is 2.11. The second-order valence-corrected chi connectivity index (χ2v) is 6.15. The minimum absolute atomic E-state index is 0. The van der Waals surface area contributed by atoms with Crippen molar-refractivity contribution < 1.29 is 4.79 Å². The largest absolute Gasteiger partial charge is 0.352 e. The number of carbonyl (C=O) groups is 1. The zero-order valence-electron chi connectivity index (χ0n) is 11.6. The van der Waals surface area contributed by atoms with E-state index in [4.69, 9.17) is 0 Å². The molecular formula is C15H22ClIN2O. The number of hydrogen-bond donors (Lipinski definition) is 1. The number of hydrogen-bond acceptors (Lipinski definition) is 2. The summed E-state index contributed by atoms with van der Waals surface area (Å²) in [5, 5.41) is 3.00. The van der Waals surface area contributed by atoms with E-state index in [0.717, 1.165) is 22.1 Å². The van der Waals surface area contributed by atoms with E-state index in [2.05, 4.69) is 32.8 Å². The van der Waals surface area contributed by atoms with Crippen molar-refractivity contribution in [2.45, 2.75) is 25.7 Å². The number of nitrogens with zero attached hydrogens (tertiary/aromatic N) is 1. The molecule has 0 unspecified atom stereocenters. The zero-order valence-corrected chi connectivity index (χ0v) is 14.6. The van der Waals surface area contributed by atoms with Crippen LogP contribution in [0.1, 0.15) is 36.0 Å².